The minimum absolute atomic E-state index is 0.0613. The molecule has 3 N–H and O–H groups in total. The van der Waals surface area contributed by atoms with Crippen molar-refractivity contribution in [3.63, 3.8) is 0 Å². The zero-order valence-corrected chi connectivity index (χ0v) is 10.3. The topological polar surface area (TPSA) is 77.2 Å². The highest BCUT2D eigenvalue weighted by atomic mass is 19.1. The molecule has 2 aromatic rings. The summed E-state index contributed by atoms with van der Waals surface area (Å²) in [6.45, 7) is -0.0613. The molecule has 0 atom stereocenters. The van der Waals surface area contributed by atoms with Crippen LogP contribution in [0.1, 0.15) is 16.2 Å². The molecule has 0 fully saturated rings. The Labute approximate surface area is 113 Å². The van der Waals surface area contributed by atoms with Gasteiger partial charge in [-0.1, -0.05) is 6.07 Å². The van der Waals surface area contributed by atoms with E-state index in [-0.39, 0.29) is 18.1 Å². The van der Waals surface area contributed by atoms with E-state index in [0.717, 1.165) is 12.1 Å². The van der Waals surface area contributed by atoms with Gasteiger partial charge in [0.05, 0.1) is 5.69 Å². The van der Waals surface area contributed by atoms with Crippen molar-refractivity contribution in [1.29, 1.82) is 0 Å². The Bertz CT molecular complexity index is 635. The van der Waals surface area contributed by atoms with Gasteiger partial charge in [-0.15, -0.1) is 0 Å². The van der Waals surface area contributed by atoms with Gasteiger partial charge in [0.15, 0.2) is 11.6 Å². The summed E-state index contributed by atoms with van der Waals surface area (Å²) in [4.78, 5) is 15.3. The quantitative estimate of drug-likeness (QED) is 0.505. The van der Waals surface area contributed by atoms with E-state index in [9.17, 15) is 13.6 Å². The summed E-state index contributed by atoms with van der Waals surface area (Å²) >= 11 is 0. The molecular formula is C13H11F2N3O2. The Balaban J connectivity index is 2.09. The number of amides is 1. The smallest absolute Gasteiger partial charge is 0.283 e. The van der Waals surface area contributed by atoms with E-state index in [1.165, 1.54) is 12.1 Å². The van der Waals surface area contributed by atoms with E-state index in [4.69, 9.17) is 10.6 Å². The number of rotatable bonds is 4. The van der Waals surface area contributed by atoms with E-state index < -0.39 is 17.5 Å². The number of nitrogens with zero attached hydrogens (tertiary/aromatic N) is 1. The monoisotopic (exact) mass is 279 g/mol. The molecule has 0 aliphatic rings. The van der Waals surface area contributed by atoms with Gasteiger partial charge in [0.2, 0.25) is 0 Å². The number of ether oxygens (including phenoxy) is 1. The fourth-order valence-corrected chi connectivity index (χ4v) is 1.50. The minimum atomic E-state index is -0.805. The zero-order chi connectivity index (χ0) is 14.5. The number of halogens is 2. The lowest BCUT2D eigenvalue weighted by Gasteiger charge is -2.07. The molecule has 7 heteroatoms. The maximum atomic E-state index is 13.3. The van der Waals surface area contributed by atoms with Gasteiger partial charge in [-0.25, -0.2) is 19.6 Å². The Kier molecular flexibility index (Phi) is 4.21. The normalized spacial score (nSPS) is 10.2. The second kappa shape index (κ2) is 6.07. The molecule has 0 spiro atoms. The van der Waals surface area contributed by atoms with Gasteiger partial charge in [-0.05, 0) is 24.3 Å². The number of hydrogen-bond acceptors (Lipinski definition) is 4. The number of nitrogen functional groups attached to an aromatic ring is 1. The summed E-state index contributed by atoms with van der Waals surface area (Å²) in [7, 11) is 0. The largest absolute Gasteiger partial charge is 0.484 e. The fraction of sp³-hybridized carbons (Fsp3) is 0.0769. The molecule has 0 aliphatic heterocycles. The van der Waals surface area contributed by atoms with Crippen LogP contribution in [-0.2, 0) is 6.61 Å². The van der Waals surface area contributed by atoms with E-state index in [2.05, 4.69) is 4.98 Å². The average molecular weight is 279 g/mol. The van der Waals surface area contributed by atoms with Crippen LogP contribution >= 0.6 is 0 Å². The summed E-state index contributed by atoms with van der Waals surface area (Å²) in [5, 5.41) is 0. The van der Waals surface area contributed by atoms with Crippen LogP contribution in [0.5, 0.6) is 5.75 Å². The first-order valence-corrected chi connectivity index (χ1v) is 5.65. The first-order valence-electron chi connectivity index (χ1n) is 5.65. The molecule has 0 aliphatic carbocycles. The van der Waals surface area contributed by atoms with Crippen LogP contribution in [0.3, 0.4) is 0 Å². The van der Waals surface area contributed by atoms with Gasteiger partial charge in [0, 0.05) is 6.07 Å². The maximum Gasteiger partial charge on any atom is 0.283 e. The van der Waals surface area contributed by atoms with Crippen molar-refractivity contribution < 1.29 is 18.3 Å². The third-order valence-corrected chi connectivity index (χ3v) is 2.44. The van der Waals surface area contributed by atoms with E-state index in [1.54, 1.807) is 12.1 Å². The lowest BCUT2D eigenvalue weighted by atomic mass is 10.3. The molecule has 0 saturated carbocycles. The van der Waals surface area contributed by atoms with Gasteiger partial charge in [0.25, 0.3) is 5.91 Å². The predicted octanol–water partition coefficient (Wildman–Crippen LogP) is 1.54. The van der Waals surface area contributed by atoms with Gasteiger partial charge < -0.3 is 4.74 Å². The standard InChI is InChI=1S/C13H11F2N3O2/c14-8-4-5-12(10(15)6-8)20-7-9-2-1-3-11(17-9)13(19)18-16/h1-6H,7,16H2,(H,18,19). The molecule has 2 rings (SSSR count). The number of carbonyl (C=O) groups excluding carboxylic acids is 1. The number of aromatic nitrogens is 1. The second-order valence-electron chi connectivity index (χ2n) is 3.85. The van der Waals surface area contributed by atoms with Crippen molar-refractivity contribution in [1.82, 2.24) is 10.4 Å². The molecule has 5 nitrogen and oxygen atoms in total. The number of benzene rings is 1. The first kappa shape index (κ1) is 13.9. The summed E-state index contributed by atoms with van der Waals surface area (Å²) in [6.07, 6.45) is 0. The number of hydrazine groups is 1. The number of hydrogen-bond donors (Lipinski definition) is 2. The summed E-state index contributed by atoms with van der Waals surface area (Å²) in [5.41, 5.74) is 2.48. The van der Waals surface area contributed by atoms with E-state index >= 15 is 0 Å². The molecule has 1 aromatic carbocycles. The summed E-state index contributed by atoms with van der Waals surface area (Å²) in [6, 6.07) is 7.67. The maximum absolute atomic E-state index is 13.3. The lowest BCUT2D eigenvalue weighted by Crippen LogP contribution is -2.30. The van der Waals surface area contributed by atoms with Gasteiger partial charge in [-0.2, -0.15) is 0 Å². The second-order valence-corrected chi connectivity index (χ2v) is 3.85. The van der Waals surface area contributed by atoms with Gasteiger partial charge in [0.1, 0.15) is 18.1 Å². The molecule has 1 amide bonds. The molecule has 1 aromatic heterocycles. The SMILES string of the molecule is NNC(=O)c1cccc(COc2ccc(F)cc2F)n1. The van der Waals surface area contributed by atoms with E-state index in [0.29, 0.717) is 5.69 Å². The third kappa shape index (κ3) is 3.27. The molecule has 1 heterocycles. The average Bonchev–Trinajstić information content (AvgIpc) is 2.46. The van der Waals surface area contributed by atoms with Crippen molar-refractivity contribution >= 4 is 5.91 Å². The van der Waals surface area contributed by atoms with Crippen molar-refractivity contribution in [2.75, 3.05) is 0 Å². The number of pyridine rings is 1. The van der Waals surface area contributed by atoms with Crippen LogP contribution in [0.4, 0.5) is 8.78 Å². The molecule has 20 heavy (non-hydrogen) atoms. The van der Waals surface area contributed by atoms with Crippen molar-refractivity contribution in [3.05, 3.63) is 59.4 Å². The summed E-state index contributed by atoms with van der Waals surface area (Å²) in [5.74, 6) is 2.87. The zero-order valence-electron chi connectivity index (χ0n) is 10.3. The van der Waals surface area contributed by atoms with Crippen molar-refractivity contribution in [2.24, 2.45) is 5.84 Å². The Morgan fingerprint density at radius 2 is 2.10 bits per heavy atom. The minimum Gasteiger partial charge on any atom is -0.484 e. The number of nitrogens with two attached hydrogens (primary N) is 1. The van der Waals surface area contributed by atoms with Gasteiger partial charge >= 0.3 is 0 Å². The van der Waals surface area contributed by atoms with Crippen LogP contribution in [0.25, 0.3) is 0 Å². The van der Waals surface area contributed by atoms with Crippen LogP contribution < -0.4 is 16.0 Å². The third-order valence-electron chi connectivity index (χ3n) is 2.44. The van der Waals surface area contributed by atoms with Crippen LogP contribution in [-0.4, -0.2) is 10.9 Å². The van der Waals surface area contributed by atoms with Crippen LogP contribution in [0, 0.1) is 11.6 Å². The van der Waals surface area contributed by atoms with Crippen molar-refractivity contribution in [2.45, 2.75) is 6.61 Å². The molecule has 0 unspecified atom stereocenters. The molecule has 0 saturated heterocycles. The Hall–Kier alpha value is -2.54. The predicted molar refractivity (Wildman–Crippen MR) is 66.6 cm³/mol. The van der Waals surface area contributed by atoms with Gasteiger partial charge in [-0.3, -0.25) is 10.2 Å². The highest BCUT2D eigenvalue weighted by Gasteiger charge is 2.08. The number of nitrogens with one attached hydrogen (secondary N) is 1. The molecule has 0 bridgehead atoms. The highest BCUT2D eigenvalue weighted by molar-refractivity contribution is 5.91. The number of carbonyl (C=O) groups is 1. The fourth-order valence-electron chi connectivity index (χ4n) is 1.50. The molecule has 104 valence electrons. The van der Waals surface area contributed by atoms with E-state index in [1.807, 2.05) is 5.43 Å². The Morgan fingerprint density at radius 1 is 1.30 bits per heavy atom. The lowest BCUT2D eigenvalue weighted by molar-refractivity contribution is 0.0948. The highest BCUT2D eigenvalue weighted by Crippen LogP contribution is 2.18. The van der Waals surface area contributed by atoms with Crippen LogP contribution in [0.15, 0.2) is 36.4 Å². The van der Waals surface area contributed by atoms with Crippen LogP contribution in [0.2, 0.25) is 0 Å². The Morgan fingerprint density at radius 3 is 2.80 bits per heavy atom. The van der Waals surface area contributed by atoms with Crippen molar-refractivity contribution in [3.8, 4) is 5.75 Å². The molecule has 0 radical (unpaired) electrons. The first-order chi connectivity index (χ1) is 9.60. The summed E-state index contributed by atoms with van der Waals surface area (Å²) < 4.78 is 31.3. The molecular weight excluding hydrogens is 268 g/mol.